The highest BCUT2D eigenvalue weighted by molar-refractivity contribution is 5.95. The van der Waals surface area contributed by atoms with Crippen LogP contribution in [0.3, 0.4) is 0 Å². The van der Waals surface area contributed by atoms with Gasteiger partial charge in [0.1, 0.15) is 11.5 Å². The minimum absolute atomic E-state index is 0.0373. The molecule has 2 unspecified atom stereocenters. The molecule has 0 bridgehead atoms. The van der Waals surface area contributed by atoms with Crippen LogP contribution in [0.2, 0.25) is 0 Å². The van der Waals surface area contributed by atoms with Crippen LogP contribution in [0, 0.1) is 19.8 Å². The Kier molecular flexibility index (Phi) is 3.52. The van der Waals surface area contributed by atoms with Crippen LogP contribution in [0.15, 0.2) is 10.5 Å². The average Bonchev–Trinajstić information content (AvgIpc) is 2.84. The quantitative estimate of drug-likeness (QED) is 0.840. The highest BCUT2D eigenvalue weighted by Crippen LogP contribution is 2.25. The van der Waals surface area contributed by atoms with Crippen molar-refractivity contribution >= 4 is 5.91 Å². The topological polar surface area (TPSA) is 68.3 Å². The zero-order chi connectivity index (χ0) is 12.4. The molecule has 17 heavy (non-hydrogen) atoms. The van der Waals surface area contributed by atoms with Crippen molar-refractivity contribution in [1.82, 2.24) is 5.32 Å². The number of aryl methyl sites for hydroxylation is 2. The first kappa shape index (κ1) is 12.2. The lowest BCUT2D eigenvalue weighted by Crippen LogP contribution is -2.39. The maximum absolute atomic E-state index is 12.1. The molecular weight excluding hydrogens is 216 g/mol. The third-order valence-corrected chi connectivity index (χ3v) is 3.56. The second-order valence-corrected chi connectivity index (χ2v) is 4.83. The van der Waals surface area contributed by atoms with E-state index in [4.69, 9.17) is 10.2 Å². The summed E-state index contributed by atoms with van der Waals surface area (Å²) in [7, 11) is 0. The van der Waals surface area contributed by atoms with E-state index in [2.05, 4.69) is 5.32 Å². The number of nitrogens with one attached hydrogen (secondary N) is 1. The third-order valence-electron chi connectivity index (χ3n) is 3.56. The molecule has 94 valence electrons. The fourth-order valence-electron chi connectivity index (χ4n) is 2.61. The summed E-state index contributed by atoms with van der Waals surface area (Å²) < 4.78 is 5.37. The van der Waals surface area contributed by atoms with Gasteiger partial charge in [-0.05, 0) is 45.2 Å². The van der Waals surface area contributed by atoms with Gasteiger partial charge in [0.15, 0.2) is 0 Å². The van der Waals surface area contributed by atoms with E-state index in [0.29, 0.717) is 23.8 Å². The van der Waals surface area contributed by atoms with Gasteiger partial charge in [0.05, 0.1) is 5.56 Å². The lowest BCUT2D eigenvalue weighted by Gasteiger charge is -2.19. The van der Waals surface area contributed by atoms with Crippen LogP contribution in [-0.2, 0) is 0 Å². The predicted molar refractivity (Wildman–Crippen MR) is 65.8 cm³/mol. The Labute approximate surface area is 102 Å². The summed E-state index contributed by atoms with van der Waals surface area (Å²) >= 11 is 0. The van der Waals surface area contributed by atoms with E-state index in [1.165, 1.54) is 0 Å². The molecule has 0 aliphatic heterocycles. The molecule has 4 heteroatoms. The van der Waals surface area contributed by atoms with Gasteiger partial charge >= 0.3 is 0 Å². The number of hydrogen-bond acceptors (Lipinski definition) is 3. The Hall–Kier alpha value is -1.29. The maximum atomic E-state index is 12.1. The van der Waals surface area contributed by atoms with E-state index in [1.807, 2.05) is 13.8 Å². The minimum Gasteiger partial charge on any atom is -0.466 e. The van der Waals surface area contributed by atoms with E-state index >= 15 is 0 Å². The van der Waals surface area contributed by atoms with Crippen LogP contribution in [0.4, 0.5) is 0 Å². The number of amides is 1. The van der Waals surface area contributed by atoms with Crippen molar-refractivity contribution in [2.24, 2.45) is 11.7 Å². The highest BCUT2D eigenvalue weighted by Gasteiger charge is 2.28. The third kappa shape index (κ3) is 2.52. The molecule has 1 amide bonds. The second-order valence-electron chi connectivity index (χ2n) is 4.83. The molecule has 1 aliphatic rings. The minimum atomic E-state index is -0.0373. The predicted octanol–water partition coefficient (Wildman–Crippen LogP) is 1.75. The zero-order valence-electron chi connectivity index (χ0n) is 10.5. The number of furan rings is 1. The maximum Gasteiger partial charge on any atom is 0.255 e. The standard InChI is InChI=1S/C13H20N2O2/c1-8-6-11(9(2)17-8)13(16)15-12-5-3-4-10(12)7-14/h6,10,12H,3-5,7,14H2,1-2H3,(H,15,16). The van der Waals surface area contributed by atoms with E-state index in [9.17, 15) is 4.79 Å². The van der Waals surface area contributed by atoms with Crippen LogP contribution in [0.25, 0.3) is 0 Å². The van der Waals surface area contributed by atoms with Crippen LogP contribution >= 0.6 is 0 Å². The largest absolute Gasteiger partial charge is 0.466 e. The molecule has 0 saturated heterocycles. The molecule has 1 saturated carbocycles. The molecular formula is C13H20N2O2. The summed E-state index contributed by atoms with van der Waals surface area (Å²) in [6.07, 6.45) is 3.30. The van der Waals surface area contributed by atoms with Crippen molar-refractivity contribution in [3.63, 3.8) is 0 Å². The van der Waals surface area contributed by atoms with Gasteiger partial charge < -0.3 is 15.5 Å². The molecule has 0 spiro atoms. The number of carbonyl (C=O) groups is 1. The lowest BCUT2D eigenvalue weighted by molar-refractivity contribution is 0.0927. The fourth-order valence-corrected chi connectivity index (χ4v) is 2.61. The SMILES string of the molecule is Cc1cc(C(=O)NC2CCCC2CN)c(C)o1. The Bertz CT molecular complexity index is 412. The first-order chi connectivity index (χ1) is 8.11. The smallest absolute Gasteiger partial charge is 0.255 e. The average molecular weight is 236 g/mol. The number of hydrogen-bond donors (Lipinski definition) is 2. The first-order valence-electron chi connectivity index (χ1n) is 6.19. The fraction of sp³-hybridized carbons (Fsp3) is 0.615. The first-order valence-corrected chi connectivity index (χ1v) is 6.19. The van der Waals surface area contributed by atoms with Crippen molar-refractivity contribution in [1.29, 1.82) is 0 Å². The van der Waals surface area contributed by atoms with Gasteiger partial charge in [-0.15, -0.1) is 0 Å². The van der Waals surface area contributed by atoms with E-state index < -0.39 is 0 Å². The Morgan fingerprint density at radius 1 is 1.53 bits per heavy atom. The summed E-state index contributed by atoms with van der Waals surface area (Å²) in [6.45, 7) is 4.31. The van der Waals surface area contributed by atoms with Gasteiger partial charge in [0.25, 0.3) is 5.91 Å². The number of rotatable bonds is 3. The molecule has 4 nitrogen and oxygen atoms in total. The van der Waals surface area contributed by atoms with Crippen LogP contribution in [0.1, 0.15) is 41.1 Å². The molecule has 1 aliphatic carbocycles. The van der Waals surface area contributed by atoms with E-state index in [-0.39, 0.29) is 11.9 Å². The van der Waals surface area contributed by atoms with Crippen molar-refractivity contribution in [3.8, 4) is 0 Å². The molecule has 1 heterocycles. The van der Waals surface area contributed by atoms with E-state index in [1.54, 1.807) is 6.07 Å². The molecule has 2 atom stereocenters. The monoisotopic (exact) mass is 236 g/mol. The van der Waals surface area contributed by atoms with Crippen molar-refractivity contribution in [3.05, 3.63) is 23.2 Å². The molecule has 1 aromatic heterocycles. The summed E-state index contributed by atoms with van der Waals surface area (Å²) in [5.74, 6) is 1.84. The van der Waals surface area contributed by atoms with Gasteiger partial charge in [-0.2, -0.15) is 0 Å². The second kappa shape index (κ2) is 4.92. The molecule has 1 aromatic rings. The molecule has 1 fully saturated rings. The summed E-state index contributed by atoms with van der Waals surface area (Å²) in [4.78, 5) is 12.1. The van der Waals surface area contributed by atoms with Crippen LogP contribution in [0.5, 0.6) is 0 Å². The zero-order valence-corrected chi connectivity index (χ0v) is 10.5. The normalized spacial score (nSPS) is 23.9. The molecule has 2 rings (SSSR count). The highest BCUT2D eigenvalue weighted by atomic mass is 16.3. The van der Waals surface area contributed by atoms with Crippen LogP contribution in [-0.4, -0.2) is 18.5 Å². The Morgan fingerprint density at radius 3 is 2.88 bits per heavy atom. The van der Waals surface area contributed by atoms with Gasteiger partial charge in [0, 0.05) is 6.04 Å². The van der Waals surface area contributed by atoms with Gasteiger partial charge in [-0.25, -0.2) is 0 Å². The Balaban J connectivity index is 2.04. The number of carbonyl (C=O) groups excluding carboxylic acids is 1. The molecule has 3 N–H and O–H groups in total. The summed E-state index contributed by atoms with van der Waals surface area (Å²) in [6, 6.07) is 2.01. The number of nitrogens with two attached hydrogens (primary N) is 1. The lowest BCUT2D eigenvalue weighted by atomic mass is 10.0. The van der Waals surface area contributed by atoms with Gasteiger partial charge in [-0.3, -0.25) is 4.79 Å². The Morgan fingerprint density at radius 2 is 2.29 bits per heavy atom. The van der Waals surface area contributed by atoms with E-state index in [0.717, 1.165) is 25.0 Å². The van der Waals surface area contributed by atoms with Crippen molar-refractivity contribution in [2.45, 2.75) is 39.2 Å². The molecule has 0 aromatic carbocycles. The summed E-state index contributed by atoms with van der Waals surface area (Å²) in [5, 5.41) is 3.07. The van der Waals surface area contributed by atoms with Crippen molar-refractivity contribution in [2.75, 3.05) is 6.54 Å². The molecule has 0 radical (unpaired) electrons. The summed E-state index contributed by atoms with van der Waals surface area (Å²) in [5.41, 5.74) is 6.35. The van der Waals surface area contributed by atoms with Gasteiger partial charge in [0.2, 0.25) is 0 Å². The van der Waals surface area contributed by atoms with Crippen molar-refractivity contribution < 1.29 is 9.21 Å². The van der Waals surface area contributed by atoms with Gasteiger partial charge in [-0.1, -0.05) is 6.42 Å². The van der Waals surface area contributed by atoms with Crippen LogP contribution < -0.4 is 11.1 Å².